The van der Waals surface area contributed by atoms with Gasteiger partial charge < -0.3 is 9.47 Å². The van der Waals surface area contributed by atoms with Gasteiger partial charge >= 0.3 is 6.09 Å². The number of nitrogens with one attached hydrogen (secondary N) is 1. The second kappa shape index (κ2) is 6.39. The van der Waals surface area contributed by atoms with Gasteiger partial charge in [0.25, 0.3) is 0 Å². The number of carbonyl (C=O) groups excluding carboxylic acids is 1. The topological polar surface area (TPSA) is 65.4 Å². The molecule has 130 valence electrons. The van der Waals surface area contributed by atoms with E-state index in [1.54, 1.807) is 37.7 Å². The maximum absolute atomic E-state index is 14.2. The summed E-state index contributed by atoms with van der Waals surface area (Å²) in [4.78, 5) is 12.0. The van der Waals surface area contributed by atoms with Gasteiger partial charge in [0, 0.05) is 12.0 Å². The molecule has 3 rings (SSSR count). The number of anilines is 1. The standard InChI is InChI=1S/C17H22FN3O3/c1-17(2,3)24-16(22)20-15-11-10-19-21(13(11)8-7-12(15)18)14-6-4-5-9-23-14/h7-8,10,14H,4-6,9H2,1-3H3,(H,20,22). The Morgan fingerprint density at radius 3 is 2.88 bits per heavy atom. The highest BCUT2D eigenvalue weighted by atomic mass is 19.1. The lowest BCUT2D eigenvalue weighted by Crippen LogP contribution is -2.27. The van der Waals surface area contributed by atoms with E-state index in [9.17, 15) is 9.18 Å². The van der Waals surface area contributed by atoms with E-state index in [-0.39, 0.29) is 11.9 Å². The van der Waals surface area contributed by atoms with Crippen molar-refractivity contribution in [3.8, 4) is 0 Å². The first kappa shape index (κ1) is 16.7. The van der Waals surface area contributed by atoms with Crippen LogP contribution >= 0.6 is 0 Å². The number of rotatable bonds is 2. The van der Waals surface area contributed by atoms with Gasteiger partial charge in [0.2, 0.25) is 0 Å². The molecule has 0 saturated carbocycles. The lowest BCUT2D eigenvalue weighted by atomic mass is 10.1. The van der Waals surface area contributed by atoms with Gasteiger partial charge in [-0.05, 0) is 52.2 Å². The predicted octanol–water partition coefficient (Wildman–Crippen LogP) is 4.22. The second-order valence-electron chi connectivity index (χ2n) is 6.89. The average Bonchev–Trinajstić information content (AvgIpc) is 2.93. The first-order valence-corrected chi connectivity index (χ1v) is 8.12. The highest BCUT2D eigenvalue weighted by Gasteiger charge is 2.22. The number of hydrogen-bond donors (Lipinski definition) is 1. The quantitative estimate of drug-likeness (QED) is 0.892. The lowest BCUT2D eigenvalue weighted by molar-refractivity contribution is -0.0366. The molecule has 1 aromatic heterocycles. The van der Waals surface area contributed by atoms with Gasteiger partial charge in [-0.3, -0.25) is 5.32 Å². The van der Waals surface area contributed by atoms with Gasteiger partial charge in [-0.2, -0.15) is 5.10 Å². The molecule has 1 aliphatic rings. The maximum atomic E-state index is 14.2. The minimum atomic E-state index is -0.699. The van der Waals surface area contributed by atoms with Gasteiger partial charge in [0.05, 0.1) is 17.4 Å². The molecule has 0 bridgehead atoms. The Morgan fingerprint density at radius 2 is 2.21 bits per heavy atom. The molecule has 6 nitrogen and oxygen atoms in total. The van der Waals surface area contributed by atoms with Gasteiger partial charge in [-0.1, -0.05) is 0 Å². The molecule has 1 atom stereocenters. The zero-order valence-electron chi connectivity index (χ0n) is 14.1. The Labute approximate surface area is 139 Å². The Morgan fingerprint density at radius 1 is 1.42 bits per heavy atom. The normalized spacial score (nSPS) is 18.6. The van der Waals surface area contributed by atoms with Crippen LogP contribution in [0.3, 0.4) is 0 Å². The molecule has 1 aromatic carbocycles. The van der Waals surface area contributed by atoms with Crippen molar-refractivity contribution in [3.63, 3.8) is 0 Å². The van der Waals surface area contributed by atoms with Crippen molar-refractivity contribution < 1.29 is 18.7 Å². The minimum Gasteiger partial charge on any atom is -0.444 e. The van der Waals surface area contributed by atoms with Crippen molar-refractivity contribution in [2.75, 3.05) is 11.9 Å². The first-order chi connectivity index (χ1) is 11.3. The molecular weight excluding hydrogens is 313 g/mol. The number of hydrogen-bond acceptors (Lipinski definition) is 4. The first-order valence-electron chi connectivity index (χ1n) is 8.12. The number of nitrogens with zero attached hydrogens (tertiary/aromatic N) is 2. The summed E-state index contributed by atoms with van der Waals surface area (Å²) in [6.07, 6.45) is 3.66. The number of aromatic nitrogens is 2. The number of ether oxygens (including phenoxy) is 2. The molecule has 24 heavy (non-hydrogen) atoms. The molecule has 0 spiro atoms. The van der Waals surface area contributed by atoms with Crippen LogP contribution in [-0.4, -0.2) is 28.1 Å². The van der Waals surface area contributed by atoms with Gasteiger partial charge in [-0.25, -0.2) is 13.9 Å². The largest absolute Gasteiger partial charge is 0.444 e. The van der Waals surface area contributed by atoms with Crippen LogP contribution in [0.4, 0.5) is 14.9 Å². The fourth-order valence-electron chi connectivity index (χ4n) is 2.77. The number of benzene rings is 1. The van der Waals surface area contributed by atoms with Crippen LogP contribution in [0.2, 0.25) is 0 Å². The Bertz CT molecular complexity index is 745. The lowest BCUT2D eigenvalue weighted by Gasteiger charge is -2.23. The highest BCUT2D eigenvalue weighted by Crippen LogP contribution is 2.31. The van der Waals surface area contributed by atoms with E-state index in [1.807, 2.05) is 0 Å². The SMILES string of the molecule is CC(C)(C)OC(=O)Nc1c(F)ccc2c1cnn2C1CCCCO1. The van der Waals surface area contributed by atoms with Crippen molar-refractivity contribution in [1.82, 2.24) is 9.78 Å². The fraction of sp³-hybridized carbons (Fsp3) is 0.529. The molecule has 1 aliphatic heterocycles. The molecule has 1 saturated heterocycles. The summed E-state index contributed by atoms with van der Waals surface area (Å²) in [5.74, 6) is -0.530. The van der Waals surface area contributed by atoms with Crippen molar-refractivity contribution in [1.29, 1.82) is 0 Å². The average molecular weight is 335 g/mol. The third kappa shape index (κ3) is 3.51. The molecule has 1 fully saturated rings. The summed E-state index contributed by atoms with van der Waals surface area (Å²) < 4.78 is 26.9. The van der Waals surface area contributed by atoms with Crippen LogP contribution in [0.15, 0.2) is 18.3 Å². The third-order valence-electron chi connectivity index (χ3n) is 3.78. The summed E-state index contributed by atoms with van der Waals surface area (Å²) >= 11 is 0. The molecule has 1 unspecified atom stereocenters. The Kier molecular flexibility index (Phi) is 4.45. The monoisotopic (exact) mass is 335 g/mol. The molecule has 2 heterocycles. The minimum absolute atomic E-state index is 0.0730. The molecule has 1 amide bonds. The summed E-state index contributed by atoms with van der Waals surface area (Å²) in [5, 5.41) is 7.35. The third-order valence-corrected chi connectivity index (χ3v) is 3.78. The zero-order chi connectivity index (χ0) is 17.3. The van der Waals surface area contributed by atoms with Gasteiger partial charge in [-0.15, -0.1) is 0 Å². The predicted molar refractivity (Wildman–Crippen MR) is 88.4 cm³/mol. The molecule has 7 heteroatoms. The Hall–Kier alpha value is -2.15. The summed E-state index contributed by atoms with van der Waals surface area (Å²) in [6.45, 7) is 5.95. The van der Waals surface area contributed by atoms with E-state index in [0.29, 0.717) is 17.5 Å². The molecule has 2 aromatic rings. The van der Waals surface area contributed by atoms with Crippen molar-refractivity contribution >= 4 is 22.7 Å². The summed E-state index contributed by atoms with van der Waals surface area (Å²) in [6, 6.07) is 2.96. The van der Waals surface area contributed by atoms with Gasteiger partial charge in [0.15, 0.2) is 6.23 Å². The number of carbonyl (C=O) groups is 1. The molecule has 0 aliphatic carbocycles. The number of halogens is 1. The van der Waals surface area contributed by atoms with E-state index in [4.69, 9.17) is 9.47 Å². The van der Waals surface area contributed by atoms with Crippen LogP contribution in [0.25, 0.3) is 10.9 Å². The van der Waals surface area contributed by atoms with Crippen LogP contribution in [0, 0.1) is 5.82 Å². The second-order valence-corrected chi connectivity index (χ2v) is 6.89. The van der Waals surface area contributed by atoms with Crippen LogP contribution in [0.1, 0.15) is 46.3 Å². The van der Waals surface area contributed by atoms with E-state index in [0.717, 1.165) is 19.3 Å². The van der Waals surface area contributed by atoms with Gasteiger partial charge in [0.1, 0.15) is 11.4 Å². The summed E-state index contributed by atoms with van der Waals surface area (Å²) in [5.41, 5.74) is 0.132. The van der Waals surface area contributed by atoms with E-state index < -0.39 is 17.5 Å². The molecular formula is C17H22FN3O3. The maximum Gasteiger partial charge on any atom is 0.412 e. The summed E-state index contributed by atoms with van der Waals surface area (Å²) in [7, 11) is 0. The molecule has 1 N–H and O–H groups in total. The van der Waals surface area contributed by atoms with Crippen LogP contribution in [-0.2, 0) is 9.47 Å². The van der Waals surface area contributed by atoms with Crippen molar-refractivity contribution in [2.24, 2.45) is 0 Å². The van der Waals surface area contributed by atoms with E-state index in [2.05, 4.69) is 10.4 Å². The van der Waals surface area contributed by atoms with Crippen LogP contribution in [0.5, 0.6) is 0 Å². The van der Waals surface area contributed by atoms with Crippen LogP contribution < -0.4 is 5.32 Å². The van der Waals surface area contributed by atoms with E-state index in [1.165, 1.54) is 6.07 Å². The number of fused-ring (bicyclic) bond motifs is 1. The number of amides is 1. The Balaban J connectivity index is 1.92. The molecule has 0 radical (unpaired) electrons. The van der Waals surface area contributed by atoms with E-state index >= 15 is 0 Å². The fourth-order valence-corrected chi connectivity index (χ4v) is 2.77. The van der Waals surface area contributed by atoms with Crippen molar-refractivity contribution in [2.45, 2.75) is 51.9 Å². The zero-order valence-corrected chi connectivity index (χ0v) is 14.1. The van der Waals surface area contributed by atoms with Crippen molar-refractivity contribution in [3.05, 3.63) is 24.1 Å². The smallest absolute Gasteiger partial charge is 0.412 e. The highest BCUT2D eigenvalue weighted by molar-refractivity contribution is 5.99.